The van der Waals surface area contributed by atoms with Crippen LogP contribution in [0.2, 0.25) is 0 Å². The number of hydrogen-bond donors (Lipinski definition) is 3. The molecule has 0 bridgehead atoms. The van der Waals surface area contributed by atoms with Gasteiger partial charge in [0.2, 0.25) is 0 Å². The summed E-state index contributed by atoms with van der Waals surface area (Å²) in [5, 5.41) is 13.9. The van der Waals surface area contributed by atoms with Crippen LogP contribution >= 0.6 is 0 Å². The highest BCUT2D eigenvalue weighted by molar-refractivity contribution is 5.95. The molecule has 1 rings (SSSR count). The van der Waals surface area contributed by atoms with E-state index in [9.17, 15) is 18.0 Å². The minimum absolute atomic E-state index is 0.317. The first-order valence-electron chi connectivity index (χ1n) is 6.11. The standard InChI is InChI=1S/C13H17F3N2O2/c1-17-7-6-9-4-2-3-5-10(9)12(20)18-8-11(19)13(14,15)16/h2-5,11,17,19H,6-8H2,1H3,(H,18,20). The number of likely N-dealkylation sites (N-methyl/N-ethyl adjacent to an activating group) is 1. The Morgan fingerprint density at radius 3 is 2.60 bits per heavy atom. The normalized spacial score (nSPS) is 13.1. The van der Waals surface area contributed by atoms with Gasteiger partial charge in [-0.25, -0.2) is 0 Å². The van der Waals surface area contributed by atoms with Gasteiger partial charge in [-0.3, -0.25) is 4.79 Å². The zero-order valence-corrected chi connectivity index (χ0v) is 11.0. The maximum Gasteiger partial charge on any atom is 0.416 e. The SMILES string of the molecule is CNCCc1ccccc1C(=O)NCC(O)C(F)(F)F. The van der Waals surface area contributed by atoms with E-state index >= 15 is 0 Å². The van der Waals surface area contributed by atoms with Crippen LogP contribution in [0.3, 0.4) is 0 Å². The number of aliphatic hydroxyl groups excluding tert-OH is 1. The highest BCUT2D eigenvalue weighted by Gasteiger charge is 2.38. The predicted octanol–water partition coefficient (Wildman–Crippen LogP) is 1.10. The summed E-state index contributed by atoms with van der Waals surface area (Å²) in [4.78, 5) is 11.9. The summed E-state index contributed by atoms with van der Waals surface area (Å²) >= 11 is 0. The van der Waals surface area contributed by atoms with Crippen molar-refractivity contribution in [2.45, 2.75) is 18.7 Å². The van der Waals surface area contributed by atoms with Crippen LogP contribution in [0.4, 0.5) is 13.2 Å². The van der Waals surface area contributed by atoms with Crippen molar-refractivity contribution in [3.63, 3.8) is 0 Å². The number of rotatable bonds is 6. The van der Waals surface area contributed by atoms with Crippen LogP contribution in [0, 0.1) is 0 Å². The Hall–Kier alpha value is -1.60. The minimum Gasteiger partial charge on any atom is -0.382 e. The van der Waals surface area contributed by atoms with Crippen LogP contribution in [0.5, 0.6) is 0 Å². The third-order valence-electron chi connectivity index (χ3n) is 2.74. The number of amides is 1. The molecule has 1 atom stereocenters. The molecule has 0 radical (unpaired) electrons. The molecule has 1 aromatic carbocycles. The molecule has 20 heavy (non-hydrogen) atoms. The third kappa shape index (κ3) is 4.82. The lowest BCUT2D eigenvalue weighted by molar-refractivity contribution is -0.201. The summed E-state index contributed by atoms with van der Waals surface area (Å²) in [6.07, 6.45) is -6.71. The molecule has 3 N–H and O–H groups in total. The average molecular weight is 290 g/mol. The zero-order valence-electron chi connectivity index (χ0n) is 11.0. The number of carbonyl (C=O) groups excluding carboxylic acids is 1. The van der Waals surface area contributed by atoms with E-state index < -0.39 is 24.7 Å². The van der Waals surface area contributed by atoms with Gasteiger partial charge in [0.1, 0.15) is 0 Å². The number of benzene rings is 1. The molecule has 0 spiro atoms. The van der Waals surface area contributed by atoms with Gasteiger partial charge in [0.05, 0.1) is 6.54 Å². The molecule has 0 aromatic heterocycles. The summed E-state index contributed by atoms with van der Waals surface area (Å²) in [5.41, 5.74) is 1.05. The van der Waals surface area contributed by atoms with Gasteiger partial charge in [-0.2, -0.15) is 13.2 Å². The number of alkyl halides is 3. The van der Waals surface area contributed by atoms with Gasteiger partial charge >= 0.3 is 6.18 Å². The number of nitrogens with one attached hydrogen (secondary N) is 2. The van der Waals surface area contributed by atoms with Crippen LogP contribution in [0.15, 0.2) is 24.3 Å². The topological polar surface area (TPSA) is 61.4 Å². The summed E-state index contributed by atoms with van der Waals surface area (Å²) in [6.45, 7) is -0.210. The summed E-state index contributed by atoms with van der Waals surface area (Å²) in [5.74, 6) is -0.625. The Labute approximate surface area is 115 Å². The quantitative estimate of drug-likeness (QED) is 0.735. The van der Waals surface area contributed by atoms with Crippen molar-refractivity contribution >= 4 is 5.91 Å². The van der Waals surface area contributed by atoms with Crippen molar-refractivity contribution in [2.24, 2.45) is 0 Å². The molecule has 0 aliphatic carbocycles. The first-order chi connectivity index (χ1) is 9.36. The molecule has 1 aromatic rings. The van der Waals surface area contributed by atoms with Crippen LogP contribution in [-0.2, 0) is 6.42 Å². The Kier molecular flexibility index (Phi) is 5.97. The first kappa shape index (κ1) is 16.5. The highest BCUT2D eigenvalue weighted by Crippen LogP contribution is 2.19. The Morgan fingerprint density at radius 2 is 2.00 bits per heavy atom. The molecule has 112 valence electrons. The molecule has 1 unspecified atom stereocenters. The smallest absolute Gasteiger partial charge is 0.382 e. The van der Waals surface area contributed by atoms with Gasteiger partial charge in [-0.05, 0) is 31.6 Å². The lowest BCUT2D eigenvalue weighted by Gasteiger charge is -2.16. The van der Waals surface area contributed by atoms with E-state index in [0.29, 0.717) is 18.5 Å². The number of halogens is 3. The molecule has 1 amide bonds. The fourth-order valence-corrected chi connectivity index (χ4v) is 1.62. The van der Waals surface area contributed by atoms with Crippen molar-refractivity contribution in [3.8, 4) is 0 Å². The largest absolute Gasteiger partial charge is 0.416 e. The fraction of sp³-hybridized carbons (Fsp3) is 0.462. The highest BCUT2D eigenvalue weighted by atomic mass is 19.4. The van der Waals surface area contributed by atoms with Crippen LogP contribution in [0.25, 0.3) is 0 Å². The van der Waals surface area contributed by atoms with E-state index in [1.54, 1.807) is 31.3 Å². The second-order valence-electron chi connectivity index (χ2n) is 4.28. The number of aliphatic hydroxyl groups is 1. The molecule has 0 aliphatic rings. The van der Waals surface area contributed by atoms with E-state index in [-0.39, 0.29) is 0 Å². The van der Waals surface area contributed by atoms with Crippen LogP contribution in [0.1, 0.15) is 15.9 Å². The van der Waals surface area contributed by atoms with Crippen molar-refractivity contribution in [2.75, 3.05) is 20.1 Å². The van der Waals surface area contributed by atoms with Gasteiger partial charge in [0, 0.05) is 5.56 Å². The summed E-state index contributed by atoms with van der Waals surface area (Å²) in [6, 6.07) is 6.68. The van der Waals surface area contributed by atoms with E-state index in [0.717, 1.165) is 5.56 Å². The van der Waals surface area contributed by atoms with E-state index in [2.05, 4.69) is 10.6 Å². The molecule has 0 saturated carbocycles. The molecule has 0 aliphatic heterocycles. The van der Waals surface area contributed by atoms with Gasteiger partial charge in [0.15, 0.2) is 6.10 Å². The monoisotopic (exact) mass is 290 g/mol. The Morgan fingerprint density at radius 1 is 1.35 bits per heavy atom. The molecule has 0 fully saturated rings. The Balaban J connectivity index is 2.68. The summed E-state index contributed by atoms with van der Waals surface area (Å²) < 4.78 is 36.4. The summed E-state index contributed by atoms with van der Waals surface area (Å²) in [7, 11) is 1.77. The second-order valence-corrected chi connectivity index (χ2v) is 4.28. The maximum atomic E-state index is 12.1. The van der Waals surface area contributed by atoms with E-state index in [1.807, 2.05) is 0 Å². The molecular formula is C13H17F3N2O2. The third-order valence-corrected chi connectivity index (χ3v) is 2.74. The van der Waals surface area contributed by atoms with Crippen LogP contribution in [-0.4, -0.2) is 43.4 Å². The molecular weight excluding hydrogens is 273 g/mol. The first-order valence-corrected chi connectivity index (χ1v) is 6.11. The van der Waals surface area contributed by atoms with Gasteiger partial charge in [0.25, 0.3) is 5.91 Å². The predicted molar refractivity (Wildman–Crippen MR) is 68.5 cm³/mol. The van der Waals surface area contributed by atoms with E-state index in [4.69, 9.17) is 5.11 Å². The van der Waals surface area contributed by atoms with Gasteiger partial charge in [-0.15, -0.1) is 0 Å². The van der Waals surface area contributed by atoms with Crippen molar-refractivity contribution in [1.29, 1.82) is 0 Å². The van der Waals surface area contributed by atoms with Gasteiger partial charge < -0.3 is 15.7 Å². The zero-order chi connectivity index (χ0) is 15.2. The van der Waals surface area contributed by atoms with E-state index in [1.165, 1.54) is 0 Å². The average Bonchev–Trinajstić information content (AvgIpc) is 2.41. The van der Waals surface area contributed by atoms with Crippen molar-refractivity contribution in [3.05, 3.63) is 35.4 Å². The Bertz CT molecular complexity index is 449. The van der Waals surface area contributed by atoms with Crippen LogP contribution < -0.4 is 10.6 Å². The molecule has 7 heteroatoms. The maximum absolute atomic E-state index is 12.1. The molecule has 4 nitrogen and oxygen atoms in total. The number of hydrogen-bond acceptors (Lipinski definition) is 3. The van der Waals surface area contributed by atoms with Crippen molar-refractivity contribution in [1.82, 2.24) is 10.6 Å². The number of carbonyl (C=O) groups is 1. The van der Waals surface area contributed by atoms with Crippen molar-refractivity contribution < 1.29 is 23.1 Å². The molecule has 0 saturated heterocycles. The lowest BCUT2D eigenvalue weighted by Crippen LogP contribution is -2.40. The van der Waals surface area contributed by atoms with Gasteiger partial charge in [-0.1, -0.05) is 18.2 Å². The second kappa shape index (κ2) is 7.25. The lowest BCUT2D eigenvalue weighted by atomic mass is 10.0. The molecule has 0 heterocycles. The fourth-order valence-electron chi connectivity index (χ4n) is 1.62. The minimum atomic E-state index is -4.74.